The largest absolute Gasteiger partial charge is 0.460 e. The predicted octanol–water partition coefficient (Wildman–Crippen LogP) is 4.52. The van der Waals surface area contributed by atoms with Crippen molar-refractivity contribution in [2.24, 2.45) is 0 Å². The molecule has 0 atom stereocenters. The quantitative estimate of drug-likeness (QED) is 0.0756. The number of anilines is 2. The first-order valence-electron chi connectivity index (χ1n) is 19.2. The lowest BCUT2D eigenvalue weighted by molar-refractivity contribution is -0.137. The summed E-state index contributed by atoms with van der Waals surface area (Å²) in [4.78, 5) is 12.6. The molecule has 1 heterocycles. The second-order valence-corrected chi connectivity index (χ2v) is 12.2. The summed E-state index contributed by atoms with van der Waals surface area (Å²) in [6.07, 6.45) is -1.99. The van der Waals surface area contributed by atoms with Gasteiger partial charge in [-0.1, -0.05) is 18.2 Å². The van der Waals surface area contributed by atoms with Crippen molar-refractivity contribution >= 4 is 17.3 Å². The maximum atomic E-state index is 13.1. The van der Waals surface area contributed by atoms with Crippen LogP contribution in [0, 0.1) is 0 Å². The molecule has 1 saturated heterocycles. The number of hydrogen-bond donors (Lipinski definition) is 2. The predicted molar refractivity (Wildman–Crippen MR) is 201 cm³/mol. The van der Waals surface area contributed by atoms with Gasteiger partial charge in [0.2, 0.25) is 0 Å². The van der Waals surface area contributed by atoms with Crippen molar-refractivity contribution in [3.8, 4) is 0 Å². The molecule has 1 aliphatic heterocycles. The summed E-state index contributed by atoms with van der Waals surface area (Å²) in [5, 5.41) is 6.18. The lowest BCUT2D eigenvalue weighted by Gasteiger charge is -2.22. The number of rotatable bonds is 34. The van der Waals surface area contributed by atoms with Gasteiger partial charge in [0.05, 0.1) is 148 Å². The van der Waals surface area contributed by atoms with E-state index in [1.807, 2.05) is 0 Å². The highest BCUT2D eigenvalue weighted by molar-refractivity contribution is 5.96. The molecule has 2 N–H and O–H groups in total. The van der Waals surface area contributed by atoms with E-state index in [9.17, 15) is 18.0 Å². The summed E-state index contributed by atoms with van der Waals surface area (Å²) in [6.45, 7) is 10.7. The fourth-order valence-corrected chi connectivity index (χ4v) is 5.07. The molecular formula is C39H59F3N2O12. The molecule has 2 aromatic carbocycles. The zero-order chi connectivity index (χ0) is 39.8. The molecule has 0 unspecified atom stereocenters. The van der Waals surface area contributed by atoms with E-state index in [-0.39, 0.29) is 24.5 Å². The highest BCUT2D eigenvalue weighted by Gasteiger charge is 2.30. The van der Waals surface area contributed by atoms with Crippen molar-refractivity contribution in [1.29, 1.82) is 0 Å². The van der Waals surface area contributed by atoms with Crippen LogP contribution in [0.4, 0.5) is 24.5 Å². The molecule has 0 amide bonds. The normalized spacial score (nSPS) is 13.6. The van der Waals surface area contributed by atoms with E-state index >= 15 is 0 Å². The van der Waals surface area contributed by atoms with Gasteiger partial charge in [-0.3, -0.25) is 0 Å². The van der Waals surface area contributed by atoms with Crippen LogP contribution in [0.2, 0.25) is 0 Å². The van der Waals surface area contributed by atoms with E-state index in [1.165, 1.54) is 18.2 Å². The van der Waals surface area contributed by atoms with Crippen LogP contribution >= 0.6 is 0 Å². The molecule has 2 aromatic rings. The minimum Gasteiger partial charge on any atom is -0.460 e. The molecule has 0 bridgehead atoms. The third-order valence-electron chi connectivity index (χ3n) is 7.92. The molecule has 0 aliphatic carbocycles. The summed E-state index contributed by atoms with van der Waals surface area (Å²) in [5.41, 5.74) is -0.0878. The fraction of sp³-hybridized carbons (Fsp3) is 0.667. The van der Waals surface area contributed by atoms with E-state index in [0.29, 0.717) is 131 Å². The summed E-state index contributed by atoms with van der Waals surface area (Å²) >= 11 is 0. The first kappa shape index (κ1) is 47.4. The number of alkyl halides is 3. The zero-order valence-electron chi connectivity index (χ0n) is 32.2. The van der Waals surface area contributed by atoms with Gasteiger partial charge in [0.1, 0.15) is 6.61 Å². The fourth-order valence-electron chi connectivity index (χ4n) is 5.07. The number of hydrogen-bond acceptors (Lipinski definition) is 14. The van der Waals surface area contributed by atoms with E-state index < -0.39 is 17.7 Å². The van der Waals surface area contributed by atoms with E-state index in [1.54, 1.807) is 18.2 Å². The second-order valence-electron chi connectivity index (χ2n) is 12.2. The number of ether oxygens (including phenoxy) is 11. The van der Waals surface area contributed by atoms with Gasteiger partial charge >= 0.3 is 12.1 Å². The highest BCUT2D eigenvalue weighted by Crippen LogP contribution is 2.32. The molecule has 0 saturated carbocycles. The van der Waals surface area contributed by atoms with Crippen molar-refractivity contribution in [1.82, 2.24) is 5.32 Å². The van der Waals surface area contributed by atoms with Crippen LogP contribution in [0.3, 0.4) is 0 Å². The van der Waals surface area contributed by atoms with Crippen LogP contribution in [-0.2, 0) is 58.3 Å². The molecule has 1 aliphatic rings. The van der Waals surface area contributed by atoms with Gasteiger partial charge in [0.25, 0.3) is 0 Å². The smallest absolute Gasteiger partial charge is 0.416 e. The molecule has 56 heavy (non-hydrogen) atoms. The van der Waals surface area contributed by atoms with Crippen molar-refractivity contribution in [2.75, 3.05) is 151 Å². The molecule has 0 radical (unpaired) electrons. The van der Waals surface area contributed by atoms with Gasteiger partial charge in [0.15, 0.2) is 0 Å². The number of carbonyl (C=O) groups is 1. The number of piperidine rings is 1. The van der Waals surface area contributed by atoms with Crippen LogP contribution in [-0.4, -0.2) is 157 Å². The monoisotopic (exact) mass is 804 g/mol. The summed E-state index contributed by atoms with van der Waals surface area (Å²) in [5.74, 6) is -0.628. The molecule has 3 rings (SSSR count). The van der Waals surface area contributed by atoms with Gasteiger partial charge in [-0.05, 0) is 56.3 Å². The Kier molecular flexibility index (Phi) is 26.3. The van der Waals surface area contributed by atoms with E-state index in [4.69, 9.17) is 52.1 Å². The van der Waals surface area contributed by atoms with E-state index in [2.05, 4.69) is 10.6 Å². The average molecular weight is 805 g/mol. The maximum absolute atomic E-state index is 13.1. The summed E-state index contributed by atoms with van der Waals surface area (Å²) < 4.78 is 99.6. The summed E-state index contributed by atoms with van der Waals surface area (Å²) in [7, 11) is 0. The molecule has 318 valence electrons. The van der Waals surface area contributed by atoms with Crippen LogP contribution in [0.5, 0.6) is 0 Å². The average Bonchev–Trinajstić information content (AvgIpc) is 3.20. The Balaban J connectivity index is 0.991. The van der Waals surface area contributed by atoms with Crippen LogP contribution < -0.4 is 10.6 Å². The number of benzene rings is 2. The maximum Gasteiger partial charge on any atom is 0.416 e. The van der Waals surface area contributed by atoms with Crippen LogP contribution in [0.15, 0.2) is 48.5 Å². The minimum absolute atomic E-state index is 0.00111. The van der Waals surface area contributed by atoms with Crippen molar-refractivity contribution in [2.45, 2.75) is 25.1 Å². The number of carbonyl (C=O) groups excluding carboxylic acids is 1. The van der Waals surface area contributed by atoms with Crippen molar-refractivity contribution in [3.05, 3.63) is 59.7 Å². The SMILES string of the molecule is O=C(OCCOCCOCCOCCOCCOCCOCCOCCOCCOCCOC1CCNCC1)c1ccccc1Nc1cccc(C(F)(F)F)c1. The topological polar surface area (TPSA) is 143 Å². The van der Waals surface area contributed by atoms with Crippen molar-refractivity contribution in [3.63, 3.8) is 0 Å². The Morgan fingerprint density at radius 1 is 0.571 bits per heavy atom. The first-order chi connectivity index (χ1) is 27.4. The Hall–Kier alpha value is -2.94. The van der Waals surface area contributed by atoms with Gasteiger partial charge in [-0.15, -0.1) is 0 Å². The van der Waals surface area contributed by atoms with Crippen LogP contribution in [0.25, 0.3) is 0 Å². The Labute approximate surface area is 327 Å². The molecule has 0 aromatic heterocycles. The lowest BCUT2D eigenvalue weighted by Crippen LogP contribution is -2.33. The zero-order valence-corrected chi connectivity index (χ0v) is 32.2. The van der Waals surface area contributed by atoms with Gasteiger partial charge in [-0.25, -0.2) is 4.79 Å². The standard InChI is InChI=1S/C39H59F3N2O12/c40-39(41,42)33-4-3-5-34(32-33)44-37-7-2-1-6-36(37)38(45)56-31-29-54-27-25-52-23-21-50-19-17-48-15-13-46-12-14-47-16-18-49-20-22-51-24-26-53-28-30-55-35-8-10-43-11-9-35/h1-7,32,35,43-44H,8-31H2. The number of para-hydroxylation sites is 1. The van der Waals surface area contributed by atoms with Crippen LogP contribution in [0.1, 0.15) is 28.8 Å². The third-order valence-corrected chi connectivity index (χ3v) is 7.92. The molecule has 0 spiro atoms. The molecule has 14 nitrogen and oxygen atoms in total. The number of esters is 1. The van der Waals surface area contributed by atoms with Crippen molar-refractivity contribution < 1.29 is 70.1 Å². The van der Waals surface area contributed by atoms with Gasteiger partial charge < -0.3 is 62.7 Å². The van der Waals surface area contributed by atoms with E-state index in [0.717, 1.165) is 38.1 Å². The van der Waals surface area contributed by atoms with Gasteiger partial charge in [0, 0.05) is 5.69 Å². The molecule has 1 fully saturated rings. The Morgan fingerprint density at radius 2 is 1.00 bits per heavy atom. The molecular weight excluding hydrogens is 745 g/mol. The Bertz CT molecular complexity index is 1270. The second kappa shape index (κ2) is 31.1. The Morgan fingerprint density at radius 3 is 1.46 bits per heavy atom. The third kappa shape index (κ3) is 23.3. The molecule has 17 heteroatoms. The van der Waals surface area contributed by atoms with Gasteiger partial charge in [-0.2, -0.15) is 13.2 Å². The highest BCUT2D eigenvalue weighted by atomic mass is 19.4. The minimum atomic E-state index is -4.48. The number of nitrogens with one attached hydrogen (secondary N) is 2. The lowest BCUT2D eigenvalue weighted by atomic mass is 10.1. The first-order valence-corrected chi connectivity index (χ1v) is 19.2. The summed E-state index contributed by atoms with van der Waals surface area (Å²) in [6, 6.07) is 11.1. The number of halogens is 3.